The van der Waals surface area contributed by atoms with Gasteiger partial charge in [-0.15, -0.1) is 0 Å². The molecule has 0 fully saturated rings. The predicted octanol–water partition coefficient (Wildman–Crippen LogP) is 1.91. The van der Waals surface area contributed by atoms with E-state index in [9.17, 15) is 8.42 Å². The highest BCUT2D eigenvalue weighted by molar-refractivity contribution is 7.90. The molecule has 0 aromatic carbocycles. The maximum atomic E-state index is 12.1. The summed E-state index contributed by atoms with van der Waals surface area (Å²) in [6.07, 6.45) is 2.89. The molecule has 0 aliphatic carbocycles. The molecule has 8 heteroatoms. The molecule has 0 aliphatic heterocycles. The number of nitrogens with zero attached hydrogens (tertiary/aromatic N) is 3. The van der Waals surface area contributed by atoms with Gasteiger partial charge in [0.25, 0.3) is 0 Å². The van der Waals surface area contributed by atoms with Crippen LogP contribution in [0, 0.1) is 0 Å². The smallest absolute Gasteiger partial charge is 0.238 e. The molecule has 0 spiro atoms. The van der Waals surface area contributed by atoms with E-state index in [2.05, 4.69) is 14.7 Å². The normalized spacial score (nSPS) is 11.8. The van der Waals surface area contributed by atoms with E-state index in [1.54, 1.807) is 0 Å². The third-order valence-electron chi connectivity index (χ3n) is 2.13. The second kappa shape index (κ2) is 6.86. The lowest BCUT2D eigenvalue weighted by molar-refractivity contribution is 0.413. The van der Waals surface area contributed by atoms with E-state index < -0.39 is 10.2 Å². The van der Waals surface area contributed by atoms with Crippen molar-refractivity contribution in [3.63, 3.8) is 0 Å². The maximum absolute atomic E-state index is 12.1. The van der Waals surface area contributed by atoms with Crippen molar-refractivity contribution < 1.29 is 8.42 Å². The molecule has 1 heterocycles. The molecule has 6 nitrogen and oxygen atoms in total. The summed E-state index contributed by atoms with van der Waals surface area (Å²) in [7, 11) is -3.62. The number of nitrogens with one attached hydrogen (secondary N) is 1. The number of halogens is 1. The van der Waals surface area contributed by atoms with E-state index in [-0.39, 0.29) is 11.1 Å². The molecule has 1 rings (SSSR count). The lowest BCUT2D eigenvalue weighted by atomic mass is 10.4. The van der Waals surface area contributed by atoms with Gasteiger partial charge in [0.1, 0.15) is 5.15 Å². The van der Waals surface area contributed by atoms with E-state index >= 15 is 0 Å². The Morgan fingerprint density at radius 2 is 1.94 bits per heavy atom. The highest BCUT2D eigenvalue weighted by Gasteiger charge is 2.21. The molecule has 0 atom stereocenters. The summed E-state index contributed by atoms with van der Waals surface area (Å²) in [6.45, 7) is 4.77. The minimum atomic E-state index is -3.62. The quantitative estimate of drug-likeness (QED) is 0.779. The van der Waals surface area contributed by atoms with Crippen LogP contribution in [0.2, 0.25) is 5.15 Å². The van der Waals surface area contributed by atoms with Crippen LogP contribution >= 0.6 is 11.6 Å². The van der Waals surface area contributed by atoms with Gasteiger partial charge in [0.2, 0.25) is 5.95 Å². The molecule has 0 radical (unpaired) electrons. The molecule has 1 aromatic rings. The van der Waals surface area contributed by atoms with Crippen LogP contribution in [0.5, 0.6) is 0 Å². The Hall–Kier alpha value is -0.920. The zero-order chi connectivity index (χ0) is 13.6. The standard InChI is InChI=1S/C10H17ClN4O2S/c1-3-7-15(8-4-2)18(16,17)14-10-12-6-5-9(11)13-10/h5-6H,3-4,7-8H2,1-2H3,(H,12,13,14). The van der Waals surface area contributed by atoms with Gasteiger partial charge in [-0.1, -0.05) is 25.4 Å². The molecule has 0 saturated heterocycles. The van der Waals surface area contributed by atoms with Gasteiger partial charge in [0, 0.05) is 19.3 Å². The third-order valence-corrected chi connectivity index (χ3v) is 3.82. The summed E-state index contributed by atoms with van der Waals surface area (Å²) < 4.78 is 27.9. The third kappa shape index (κ3) is 4.40. The van der Waals surface area contributed by atoms with E-state index in [1.807, 2.05) is 13.8 Å². The van der Waals surface area contributed by atoms with Crippen LogP contribution in [0.1, 0.15) is 26.7 Å². The largest absolute Gasteiger partial charge is 0.303 e. The Morgan fingerprint density at radius 1 is 1.33 bits per heavy atom. The predicted molar refractivity (Wildman–Crippen MR) is 71.7 cm³/mol. The van der Waals surface area contributed by atoms with Crippen molar-refractivity contribution in [2.45, 2.75) is 26.7 Å². The Balaban J connectivity index is 2.85. The number of hydrogen-bond acceptors (Lipinski definition) is 4. The molecule has 0 bridgehead atoms. The number of anilines is 1. The molecule has 18 heavy (non-hydrogen) atoms. The van der Waals surface area contributed by atoms with Crippen molar-refractivity contribution in [3.8, 4) is 0 Å². The van der Waals surface area contributed by atoms with Gasteiger partial charge in [-0.2, -0.15) is 12.7 Å². The highest BCUT2D eigenvalue weighted by atomic mass is 35.5. The SMILES string of the molecule is CCCN(CCC)S(=O)(=O)Nc1nccc(Cl)n1. The lowest BCUT2D eigenvalue weighted by Crippen LogP contribution is -2.37. The molecule has 0 saturated carbocycles. The first-order chi connectivity index (χ1) is 8.49. The van der Waals surface area contributed by atoms with E-state index in [0.717, 1.165) is 12.8 Å². The summed E-state index contributed by atoms with van der Waals surface area (Å²) in [6, 6.07) is 1.48. The minimum absolute atomic E-state index is 0.0142. The molecule has 1 N–H and O–H groups in total. The van der Waals surface area contributed by atoms with Crippen LogP contribution in [-0.4, -0.2) is 35.8 Å². The topological polar surface area (TPSA) is 75.2 Å². The Morgan fingerprint density at radius 3 is 2.44 bits per heavy atom. The highest BCUT2D eigenvalue weighted by Crippen LogP contribution is 2.10. The van der Waals surface area contributed by atoms with Crippen LogP contribution in [0.3, 0.4) is 0 Å². The first-order valence-corrected chi connectivity index (χ1v) is 7.57. The van der Waals surface area contributed by atoms with Crippen LogP contribution in [0.15, 0.2) is 12.3 Å². The van der Waals surface area contributed by atoms with Crippen molar-refractivity contribution in [2.75, 3.05) is 17.8 Å². The molecule has 1 aromatic heterocycles. The average Bonchev–Trinajstić information content (AvgIpc) is 2.28. The minimum Gasteiger partial charge on any atom is -0.238 e. The van der Waals surface area contributed by atoms with Crippen molar-refractivity contribution in [1.82, 2.24) is 14.3 Å². The summed E-state index contributed by atoms with van der Waals surface area (Å²) in [5.41, 5.74) is 0. The average molecular weight is 293 g/mol. The zero-order valence-electron chi connectivity index (χ0n) is 10.4. The molecular weight excluding hydrogens is 276 g/mol. The molecule has 0 amide bonds. The number of hydrogen-bond donors (Lipinski definition) is 1. The van der Waals surface area contributed by atoms with Gasteiger partial charge in [0.15, 0.2) is 0 Å². The summed E-state index contributed by atoms with van der Waals surface area (Å²) >= 11 is 5.68. The molecular formula is C10H17ClN4O2S. The van der Waals surface area contributed by atoms with Gasteiger partial charge in [-0.05, 0) is 18.9 Å². The van der Waals surface area contributed by atoms with E-state index in [4.69, 9.17) is 11.6 Å². The van der Waals surface area contributed by atoms with Gasteiger partial charge in [-0.25, -0.2) is 14.7 Å². The van der Waals surface area contributed by atoms with Crippen LogP contribution in [0.25, 0.3) is 0 Å². The van der Waals surface area contributed by atoms with E-state index in [0.29, 0.717) is 13.1 Å². The van der Waals surface area contributed by atoms with Crippen molar-refractivity contribution in [2.24, 2.45) is 0 Å². The van der Waals surface area contributed by atoms with Crippen molar-refractivity contribution in [1.29, 1.82) is 0 Å². The molecule has 0 aliphatic rings. The van der Waals surface area contributed by atoms with Crippen LogP contribution < -0.4 is 4.72 Å². The Kier molecular flexibility index (Phi) is 5.77. The van der Waals surface area contributed by atoms with Crippen molar-refractivity contribution >= 4 is 27.8 Å². The van der Waals surface area contributed by atoms with Gasteiger partial charge in [0.05, 0.1) is 0 Å². The van der Waals surface area contributed by atoms with E-state index in [1.165, 1.54) is 16.6 Å². The van der Waals surface area contributed by atoms with Crippen LogP contribution in [0.4, 0.5) is 5.95 Å². The second-order valence-electron chi connectivity index (χ2n) is 3.71. The fourth-order valence-electron chi connectivity index (χ4n) is 1.42. The van der Waals surface area contributed by atoms with Gasteiger partial charge < -0.3 is 0 Å². The first kappa shape index (κ1) is 15.1. The second-order valence-corrected chi connectivity index (χ2v) is 5.77. The Bertz CT molecular complexity index is 475. The molecule has 102 valence electrons. The maximum Gasteiger partial charge on any atom is 0.303 e. The monoisotopic (exact) mass is 292 g/mol. The fraction of sp³-hybridized carbons (Fsp3) is 0.600. The van der Waals surface area contributed by atoms with Gasteiger partial charge >= 0.3 is 10.2 Å². The van der Waals surface area contributed by atoms with Gasteiger partial charge in [-0.3, -0.25) is 0 Å². The summed E-state index contributed by atoms with van der Waals surface area (Å²) in [5, 5.41) is 0.195. The fourth-order valence-corrected chi connectivity index (χ4v) is 2.86. The number of aromatic nitrogens is 2. The van der Waals surface area contributed by atoms with Crippen molar-refractivity contribution in [3.05, 3.63) is 17.4 Å². The lowest BCUT2D eigenvalue weighted by Gasteiger charge is -2.20. The first-order valence-electron chi connectivity index (χ1n) is 5.76. The number of rotatable bonds is 7. The molecule has 0 unspecified atom stereocenters. The zero-order valence-corrected chi connectivity index (χ0v) is 12.0. The Labute approximate surface area is 113 Å². The summed E-state index contributed by atoms with van der Waals surface area (Å²) in [4.78, 5) is 7.61. The van der Waals surface area contributed by atoms with Crippen LogP contribution in [-0.2, 0) is 10.2 Å². The summed E-state index contributed by atoms with van der Waals surface area (Å²) in [5.74, 6) is -0.0142.